The zero-order valence-corrected chi connectivity index (χ0v) is 78.1. The molecule has 9 heterocycles. The summed E-state index contributed by atoms with van der Waals surface area (Å²) < 4.78 is 114. The first-order valence-corrected chi connectivity index (χ1v) is 48.5. The summed E-state index contributed by atoms with van der Waals surface area (Å²) in [6.07, 6.45) is -3.27. The molecule has 8 aromatic rings. The van der Waals surface area contributed by atoms with E-state index in [1.54, 1.807) is 97.9 Å². The number of esters is 4. The molecule has 2 unspecified atom stereocenters. The molecule has 3 aliphatic rings. The largest absolute Gasteiger partial charge is 0.465 e. The lowest BCUT2D eigenvalue weighted by molar-refractivity contribution is -0.149. The number of rotatable bonds is 44. The topological polar surface area (TPSA) is 570 Å². The van der Waals surface area contributed by atoms with Gasteiger partial charge in [0.2, 0.25) is 11.2 Å². The third kappa shape index (κ3) is 25.1. The van der Waals surface area contributed by atoms with Crippen LogP contribution in [0.2, 0.25) is 0 Å². The van der Waals surface area contributed by atoms with Crippen molar-refractivity contribution in [2.24, 2.45) is 29.6 Å². The van der Waals surface area contributed by atoms with Crippen LogP contribution in [-0.4, -0.2) is 208 Å². The molecule has 11 rings (SSSR count). The van der Waals surface area contributed by atoms with Crippen molar-refractivity contribution in [3.05, 3.63) is 162 Å². The summed E-state index contributed by atoms with van der Waals surface area (Å²) in [5.74, 6) is -2.26. The van der Waals surface area contributed by atoms with Crippen LogP contribution in [0.3, 0.4) is 0 Å². The number of hydrogen-bond acceptors (Lipinski definition) is 33. The van der Waals surface area contributed by atoms with E-state index in [4.69, 9.17) is 79.5 Å². The molecule has 2 aromatic carbocycles. The van der Waals surface area contributed by atoms with Gasteiger partial charge >= 0.3 is 52.6 Å². The second-order valence-electron chi connectivity index (χ2n) is 32.5. The summed E-state index contributed by atoms with van der Waals surface area (Å²) in [5, 5.41) is 107. The molecule has 18 atom stereocenters. The Labute approximate surface area is 760 Å². The number of carbonyl (C=O) groups excluding carboxylic acids is 4. The SMILES string of the molecule is CCC(CC)COC(=O)[C@@H](C)CP(=O)(OC[C@H]1O[C@@](C#N)(c2ccc3c(N)ccnn23)[C@H](O)[C@@H]1O)Oc1ccccc1.CCC(CC)COC(=O)[C@H](C)NP(=O)(N[C@@H](C)C(=O)OCC(CC)CC)OC[C@H]1O[C@@](C#N)(c2ccc3c(N)ccnn23)[C@H](O)[C@@H]1O.[C-]#[N+][C@]1(COP(=O)(N[C@@H](C)C(=O)OCC(CC)CC)Oc2ccccc2)O[C@@H](c2ccc3c(N)ccnn23)[C@H](O)[C@@H]1O. The number of anilines is 3. The van der Waals surface area contributed by atoms with E-state index in [2.05, 4.69) is 35.4 Å². The van der Waals surface area contributed by atoms with Crippen LogP contribution < -0.4 is 41.5 Å². The fourth-order valence-corrected chi connectivity index (χ4v) is 19.9. The highest BCUT2D eigenvalue weighted by molar-refractivity contribution is 7.55. The Balaban J connectivity index is 0.000000222. The maximum Gasteiger partial charge on any atom is 0.459 e. The lowest BCUT2D eigenvalue weighted by Crippen LogP contribution is -2.45. The summed E-state index contributed by atoms with van der Waals surface area (Å²) in [4.78, 5) is 54.6. The van der Waals surface area contributed by atoms with Gasteiger partial charge in [-0.25, -0.2) is 39.4 Å². The number of hydrogen-bond donors (Lipinski definition) is 12. The predicted octanol–water partition coefficient (Wildman–Crippen LogP) is 9.94. The molecule has 0 bridgehead atoms. The molecule has 43 heteroatoms. The van der Waals surface area contributed by atoms with Gasteiger partial charge in [0.1, 0.15) is 90.6 Å². The maximum atomic E-state index is 14.2. The van der Waals surface area contributed by atoms with Crippen molar-refractivity contribution in [1.82, 2.24) is 44.1 Å². The Morgan fingerprint density at radius 2 is 0.863 bits per heavy atom. The molecule has 0 radical (unpaired) electrons. The summed E-state index contributed by atoms with van der Waals surface area (Å²) in [6.45, 7) is 28.6. The number of ether oxygens (including phenoxy) is 7. The lowest BCUT2D eigenvalue weighted by atomic mass is 9.92. The molecule has 3 saturated heterocycles. The number of nitrogens with zero attached hydrogens (tertiary/aromatic N) is 9. The number of aliphatic hydroxyl groups is 6. The highest BCUT2D eigenvalue weighted by Crippen LogP contribution is 2.53. The molecule has 131 heavy (non-hydrogen) atoms. The number of aliphatic hydroxyl groups excluding tert-OH is 6. The molecule has 15 N–H and O–H groups in total. The fourth-order valence-electron chi connectivity index (χ4n) is 14.7. The van der Waals surface area contributed by atoms with Gasteiger partial charge in [-0.2, -0.15) is 30.9 Å². The van der Waals surface area contributed by atoms with Gasteiger partial charge in [0.05, 0.1) is 102 Å². The molecule has 0 spiro atoms. The fraction of sp³-hybridized carbons (Fsp3) is 0.545. The molecule has 714 valence electrons. The Kier molecular flexibility index (Phi) is 37.6. The van der Waals surface area contributed by atoms with E-state index in [-0.39, 0.29) is 79.1 Å². The monoisotopic (exact) mass is 1880 g/mol. The number of benzene rings is 2. The van der Waals surface area contributed by atoms with Gasteiger partial charge in [-0.3, -0.25) is 42.4 Å². The smallest absolute Gasteiger partial charge is 0.459 e. The van der Waals surface area contributed by atoms with E-state index >= 15 is 0 Å². The minimum atomic E-state index is -4.39. The minimum Gasteiger partial charge on any atom is -0.465 e. The molecular formula is C88H122N15O25P3. The van der Waals surface area contributed by atoms with E-state index in [0.29, 0.717) is 39.3 Å². The van der Waals surface area contributed by atoms with E-state index in [1.165, 1.54) is 77.2 Å². The van der Waals surface area contributed by atoms with Crippen molar-refractivity contribution < 1.29 is 119 Å². The van der Waals surface area contributed by atoms with Gasteiger partial charge in [-0.15, -0.1) is 0 Å². The number of nitrogens with one attached hydrogen (secondary N) is 3. The first kappa shape index (κ1) is 105. The highest BCUT2D eigenvalue weighted by Gasteiger charge is 2.64. The molecule has 6 aromatic heterocycles. The number of nitrogen functional groups attached to an aromatic ring is 3. The van der Waals surface area contributed by atoms with Crippen molar-refractivity contribution in [3.63, 3.8) is 0 Å². The summed E-state index contributed by atoms with van der Waals surface area (Å²) in [6, 6.07) is 31.2. The second kappa shape index (κ2) is 47.0. The van der Waals surface area contributed by atoms with E-state index < -0.39 is 163 Å². The Bertz CT molecular complexity index is 5350. The molecule has 0 amide bonds. The van der Waals surface area contributed by atoms with Crippen LogP contribution in [0.25, 0.3) is 21.4 Å². The maximum absolute atomic E-state index is 14.2. The van der Waals surface area contributed by atoms with Crippen LogP contribution in [0.5, 0.6) is 11.5 Å². The van der Waals surface area contributed by atoms with Gasteiger partial charge in [0, 0.05) is 18.6 Å². The van der Waals surface area contributed by atoms with E-state index in [9.17, 15) is 74.0 Å². The van der Waals surface area contributed by atoms with Crippen LogP contribution in [0.15, 0.2) is 134 Å². The second-order valence-corrected chi connectivity index (χ2v) is 38.1. The van der Waals surface area contributed by atoms with Crippen LogP contribution in [0, 0.1) is 58.8 Å². The normalized spacial score (nSPS) is 23.7. The third-order valence-corrected chi connectivity index (χ3v) is 29.1. The van der Waals surface area contributed by atoms with Crippen molar-refractivity contribution >= 4 is 80.5 Å². The van der Waals surface area contributed by atoms with Crippen molar-refractivity contribution in [3.8, 4) is 23.6 Å². The number of carbonyl (C=O) groups is 4. The molecule has 40 nitrogen and oxygen atoms in total. The van der Waals surface area contributed by atoms with Crippen LogP contribution in [0.1, 0.15) is 158 Å². The standard InChI is InChI=1S/C31H49N6O9P.C29H37N4O8P.C28H36N5O8P/c1-7-21(8-2)15-43-29(40)19(5)35-47(42,36-20(6)30(41)44-16-22(9-3)10-4)45-17-25-27(38)28(39)31(18-32,46-25)26-12-11-24-23(33)13-14-34-37(24)26;1-4-20(5-2)15-38-28(36)19(3)17-42(37,41-21-9-7-6-8-10-21)39-16-24-26(34)27(35)29(18-30,40-24)25-12-11-23-22(31)13-14-32-33(23)25;1-5-19(6-2)16-38-27(36)18(3)32-42(37,41-20-10-8-7-9-11-20)39-17-28(30-4)26(35)24(34)25(40-28)23-13-12-22-21(29)14-15-31-33(22)23/h11-14,19-22,25,27-28,38-39H,7-10,15-17,33H2,1-6H3,(H2,35,36,42);6-14,19-20,24,26-27,34-35H,4-5,15-17,31H2,1-3H3;7-15,18-19,24-26,34-35H,5-6,16-17,29H2,1-3H3,(H,32,37)/t19-,20-,25+,27+,28+,31-;19-,24+,26+,27+,29-,42?;18-,24-,25-,26-,28+,42?/m000/s1. The molecular weight excluding hydrogens is 1760 g/mol. The summed E-state index contributed by atoms with van der Waals surface area (Å²) >= 11 is 0. The summed E-state index contributed by atoms with van der Waals surface area (Å²) in [7, 11) is -12.8. The number of fused-ring (bicyclic) bond motifs is 3. The summed E-state index contributed by atoms with van der Waals surface area (Å²) in [5.41, 5.74) is 15.0. The van der Waals surface area contributed by atoms with Crippen LogP contribution in [-0.2, 0) is 90.8 Å². The van der Waals surface area contributed by atoms with Crippen molar-refractivity contribution in [2.45, 2.75) is 224 Å². The van der Waals surface area contributed by atoms with Gasteiger partial charge in [0.15, 0.2) is 12.7 Å². The molecule has 0 aliphatic carbocycles. The first-order chi connectivity index (χ1) is 62.4. The van der Waals surface area contributed by atoms with Crippen molar-refractivity contribution in [2.75, 3.05) is 69.6 Å². The zero-order valence-electron chi connectivity index (χ0n) is 75.4. The minimum absolute atomic E-state index is 0.110. The third-order valence-electron chi connectivity index (χ3n) is 23.5. The predicted molar refractivity (Wildman–Crippen MR) is 479 cm³/mol. The molecule has 3 fully saturated rings. The number of nitriles is 2. The molecule has 0 saturated carbocycles. The Hall–Kier alpha value is -10.1. The van der Waals surface area contributed by atoms with Gasteiger partial charge in [-0.05, 0) is 123 Å². The lowest BCUT2D eigenvalue weighted by Gasteiger charge is -2.28. The average molecular weight is 1880 g/mol. The number of nitrogens with two attached hydrogens (primary N) is 3. The van der Waals surface area contributed by atoms with Gasteiger partial charge < -0.3 is 89.8 Å². The Morgan fingerprint density at radius 1 is 0.489 bits per heavy atom. The average Bonchev–Trinajstić information content (AvgIpc) is 1.58. The van der Waals surface area contributed by atoms with E-state index in [0.717, 1.165) is 51.4 Å². The van der Waals surface area contributed by atoms with Crippen molar-refractivity contribution in [1.29, 1.82) is 10.5 Å². The van der Waals surface area contributed by atoms with Crippen LogP contribution >= 0.6 is 23.0 Å². The van der Waals surface area contributed by atoms with E-state index in [1.807, 2.05) is 67.5 Å². The molecule has 3 aliphatic heterocycles. The van der Waals surface area contributed by atoms with Crippen LogP contribution in [0.4, 0.5) is 17.1 Å². The van der Waals surface area contributed by atoms with Gasteiger partial charge in [0.25, 0.3) is 0 Å². The quantitative estimate of drug-likeness (QED) is 0.00731. The first-order valence-electron chi connectivity index (χ1n) is 43.6. The Morgan fingerprint density at radius 3 is 1.27 bits per heavy atom. The number of para-hydroxylation sites is 2. The van der Waals surface area contributed by atoms with Gasteiger partial charge in [-0.1, -0.05) is 150 Å². The zero-order chi connectivity index (χ0) is 95.9. The number of aromatic nitrogens is 6. The highest BCUT2D eigenvalue weighted by atomic mass is 31.2.